The minimum Gasteiger partial charge on any atom is -0.489 e. The maximum absolute atomic E-state index is 13.4. The van der Waals surface area contributed by atoms with Gasteiger partial charge in [0.1, 0.15) is 12.5 Å². The lowest BCUT2D eigenvalue weighted by molar-refractivity contribution is -0.162. The zero-order chi connectivity index (χ0) is 14.6. The van der Waals surface area contributed by atoms with Crippen LogP contribution in [0.2, 0.25) is 5.02 Å². The van der Waals surface area contributed by atoms with Crippen LogP contribution < -0.4 is 10.5 Å². The summed E-state index contributed by atoms with van der Waals surface area (Å²) in [4.78, 5) is 0. The predicted octanol–water partition coefficient (Wildman–Crippen LogP) is 2.78. The van der Waals surface area contributed by atoms with E-state index >= 15 is 0 Å². The Labute approximate surface area is 110 Å². The second kappa shape index (κ2) is 5.96. The number of nitrogens with two attached hydrogens (primary N) is 1. The molecule has 1 rings (SSSR count). The summed E-state index contributed by atoms with van der Waals surface area (Å²) in [6, 6.07) is 3.64. The fourth-order valence-electron chi connectivity index (χ4n) is 1.19. The van der Waals surface area contributed by atoms with Crippen molar-refractivity contribution in [1.82, 2.24) is 0 Å². The van der Waals surface area contributed by atoms with E-state index in [4.69, 9.17) is 22.5 Å². The van der Waals surface area contributed by atoms with Crippen molar-refractivity contribution in [2.45, 2.75) is 6.18 Å². The molecule has 0 heterocycles. The summed E-state index contributed by atoms with van der Waals surface area (Å²) in [5.74, 6) is -4.86. The van der Waals surface area contributed by atoms with Gasteiger partial charge in [0.25, 0.3) is 0 Å². The topological polar surface area (TPSA) is 67.8 Å². The van der Waals surface area contributed by atoms with Crippen LogP contribution in [0.15, 0.2) is 23.4 Å². The van der Waals surface area contributed by atoms with Gasteiger partial charge in [0, 0.05) is 0 Å². The first-order valence-electron chi connectivity index (χ1n) is 4.88. The Kier molecular flexibility index (Phi) is 4.82. The first kappa shape index (κ1) is 15.4. The normalized spacial score (nSPS) is 14.3. The van der Waals surface area contributed by atoms with Crippen LogP contribution in [0, 0.1) is 11.7 Å². The molecule has 0 saturated heterocycles. The third-order valence-corrected chi connectivity index (χ3v) is 2.48. The smallest absolute Gasteiger partial charge is 0.402 e. The Hall–Kier alpha value is -1.70. The van der Waals surface area contributed by atoms with Crippen molar-refractivity contribution < 1.29 is 27.5 Å². The molecular formula is C10H9ClF4N2O2. The zero-order valence-electron chi connectivity index (χ0n) is 9.29. The van der Waals surface area contributed by atoms with E-state index < -0.39 is 36.1 Å². The van der Waals surface area contributed by atoms with Gasteiger partial charge in [-0.2, -0.15) is 13.2 Å². The summed E-state index contributed by atoms with van der Waals surface area (Å²) in [6.07, 6.45) is -4.79. The number of benzene rings is 1. The average Bonchev–Trinajstić information content (AvgIpc) is 2.32. The molecule has 0 radical (unpaired) electrons. The van der Waals surface area contributed by atoms with Crippen molar-refractivity contribution in [2.75, 3.05) is 6.61 Å². The molecule has 0 fully saturated rings. The number of oxime groups is 1. The second-order valence-corrected chi connectivity index (χ2v) is 3.89. The maximum atomic E-state index is 13.4. The Morgan fingerprint density at radius 2 is 2.11 bits per heavy atom. The molecule has 19 heavy (non-hydrogen) atoms. The number of hydrogen-bond donors (Lipinski definition) is 2. The van der Waals surface area contributed by atoms with E-state index in [1.165, 1.54) is 12.1 Å². The Balaban J connectivity index is 2.86. The molecule has 0 saturated carbocycles. The minimum absolute atomic E-state index is 0.287. The van der Waals surface area contributed by atoms with Gasteiger partial charge in [0.15, 0.2) is 17.4 Å². The molecule has 1 aromatic rings. The molecule has 0 amide bonds. The molecule has 4 nitrogen and oxygen atoms in total. The number of halogens is 5. The molecule has 0 aliphatic rings. The van der Waals surface area contributed by atoms with Crippen LogP contribution in [0.3, 0.4) is 0 Å². The largest absolute Gasteiger partial charge is 0.489 e. The van der Waals surface area contributed by atoms with E-state index in [0.29, 0.717) is 0 Å². The zero-order valence-corrected chi connectivity index (χ0v) is 10.0. The number of hydrogen-bond acceptors (Lipinski definition) is 3. The van der Waals surface area contributed by atoms with Gasteiger partial charge in [0.2, 0.25) is 0 Å². The summed E-state index contributed by atoms with van der Waals surface area (Å²) in [5.41, 5.74) is 4.92. The van der Waals surface area contributed by atoms with Crippen LogP contribution in [0.1, 0.15) is 0 Å². The van der Waals surface area contributed by atoms with E-state index in [2.05, 4.69) is 9.89 Å². The standard InChI is InChI=1S/C10H9ClF4N2O2/c11-6-2-1-3-7(8(6)12)19-4-5(9(16)17-18)10(13,14)15/h1-3,5,18H,4H2,(H2,16,17). The molecule has 0 aliphatic heterocycles. The van der Waals surface area contributed by atoms with Gasteiger partial charge in [0.05, 0.1) is 5.02 Å². The Morgan fingerprint density at radius 3 is 2.63 bits per heavy atom. The molecule has 0 aromatic heterocycles. The first-order chi connectivity index (χ1) is 8.77. The van der Waals surface area contributed by atoms with E-state index in [1.54, 1.807) is 0 Å². The molecule has 0 bridgehead atoms. The van der Waals surface area contributed by atoms with Crippen LogP contribution >= 0.6 is 11.6 Å². The van der Waals surface area contributed by atoms with Crippen LogP contribution in [0.4, 0.5) is 17.6 Å². The van der Waals surface area contributed by atoms with Gasteiger partial charge >= 0.3 is 6.18 Å². The third-order valence-electron chi connectivity index (χ3n) is 2.19. The minimum atomic E-state index is -4.79. The van der Waals surface area contributed by atoms with E-state index in [-0.39, 0.29) is 5.02 Å². The molecule has 3 N–H and O–H groups in total. The Morgan fingerprint density at radius 1 is 1.47 bits per heavy atom. The highest BCUT2D eigenvalue weighted by atomic mass is 35.5. The highest BCUT2D eigenvalue weighted by Gasteiger charge is 2.43. The van der Waals surface area contributed by atoms with E-state index in [9.17, 15) is 17.6 Å². The van der Waals surface area contributed by atoms with Gasteiger partial charge in [-0.1, -0.05) is 22.8 Å². The lowest BCUT2D eigenvalue weighted by atomic mass is 10.1. The number of alkyl halides is 3. The van der Waals surface area contributed by atoms with Crippen molar-refractivity contribution in [3.8, 4) is 5.75 Å². The number of ether oxygens (including phenoxy) is 1. The number of rotatable bonds is 4. The number of nitrogens with zero attached hydrogens (tertiary/aromatic N) is 1. The van der Waals surface area contributed by atoms with Gasteiger partial charge in [-0.25, -0.2) is 4.39 Å². The Bertz CT molecular complexity index is 479. The third kappa shape index (κ3) is 3.88. The van der Waals surface area contributed by atoms with Gasteiger partial charge in [-0.3, -0.25) is 0 Å². The molecule has 1 atom stereocenters. The lowest BCUT2D eigenvalue weighted by Crippen LogP contribution is -2.40. The monoisotopic (exact) mass is 300 g/mol. The molecule has 0 aliphatic carbocycles. The van der Waals surface area contributed by atoms with Crippen molar-refractivity contribution >= 4 is 17.4 Å². The summed E-state index contributed by atoms with van der Waals surface area (Å²) >= 11 is 5.44. The second-order valence-electron chi connectivity index (χ2n) is 3.48. The highest BCUT2D eigenvalue weighted by molar-refractivity contribution is 6.30. The fourth-order valence-corrected chi connectivity index (χ4v) is 1.35. The van der Waals surface area contributed by atoms with Crippen LogP contribution in [-0.4, -0.2) is 23.8 Å². The van der Waals surface area contributed by atoms with Gasteiger partial charge < -0.3 is 15.7 Å². The average molecular weight is 301 g/mol. The van der Waals surface area contributed by atoms with Crippen molar-refractivity contribution in [2.24, 2.45) is 16.8 Å². The van der Waals surface area contributed by atoms with Crippen LogP contribution in [0.5, 0.6) is 5.75 Å². The summed E-state index contributed by atoms with van der Waals surface area (Å²) in [5, 5.41) is 10.3. The molecule has 106 valence electrons. The summed E-state index contributed by atoms with van der Waals surface area (Å²) < 4.78 is 55.8. The fraction of sp³-hybridized carbons (Fsp3) is 0.300. The van der Waals surface area contributed by atoms with Crippen LogP contribution in [0.25, 0.3) is 0 Å². The van der Waals surface area contributed by atoms with Crippen molar-refractivity contribution in [3.63, 3.8) is 0 Å². The maximum Gasteiger partial charge on any atom is 0.402 e. The quantitative estimate of drug-likeness (QED) is 0.295. The van der Waals surface area contributed by atoms with Crippen molar-refractivity contribution in [1.29, 1.82) is 0 Å². The van der Waals surface area contributed by atoms with Crippen LogP contribution in [-0.2, 0) is 0 Å². The highest BCUT2D eigenvalue weighted by Crippen LogP contribution is 2.29. The molecule has 0 spiro atoms. The first-order valence-corrected chi connectivity index (χ1v) is 5.26. The number of amidine groups is 1. The van der Waals surface area contributed by atoms with Gasteiger partial charge in [-0.15, -0.1) is 0 Å². The lowest BCUT2D eigenvalue weighted by Gasteiger charge is -2.19. The van der Waals surface area contributed by atoms with E-state index in [0.717, 1.165) is 6.07 Å². The molecule has 9 heteroatoms. The predicted molar refractivity (Wildman–Crippen MR) is 59.9 cm³/mol. The molecule has 1 aromatic carbocycles. The molecule has 1 unspecified atom stereocenters. The SMILES string of the molecule is N/C(=N/O)C(COc1cccc(Cl)c1F)C(F)(F)F. The van der Waals surface area contributed by atoms with Crippen molar-refractivity contribution in [3.05, 3.63) is 29.0 Å². The molecular weight excluding hydrogens is 292 g/mol. The van der Waals surface area contributed by atoms with E-state index in [1.807, 2.05) is 0 Å². The summed E-state index contributed by atoms with van der Waals surface area (Å²) in [6.45, 7) is -1.03. The van der Waals surface area contributed by atoms with Gasteiger partial charge in [-0.05, 0) is 12.1 Å². The summed E-state index contributed by atoms with van der Waals surface area (Å²) in [7, 11) is 0.